The zero-order chi connectivity index (χ0) is 10.4. The molecule has 81 valence electrons. The normalized spacial score (nSPS) is 20.4. The molecule has 1 fully saturated rings. The van der Waals surface area contributed by atoms with E-state index in [1.165, 1.54) is 19.3 Å². The highest BCUT2D eigenvalue weighted by Crippen LogP contribution is 2.31. The summed E-state index contributed by atoms with van der Waals surface area (Å²) in [5, 5.41) is 3.06. The van der Waals surface area contributed by atoms with Gasteiger partial charge < -0.3 is 5.32 Å². The van der Waals surface area contributed by atoms with Crippen LogP contribution in [0.2, 0.25) is 0 Å². The molecule has 0 bridgehead atoms. The van der Waals surface area contributed by atoms with Gasteiger partial charge in [0.1, 0.15) is 0 Å². The molecule has 3 heteroatoms. The Labute approximate surface area is 86.4 Å². The molecule has 1 amide bonds. The Bertz CT molecular complexity index is 180. The molecule has 1 radical (unpaired) electrons. The monoisotopic (exact) mass is 197 g/mol. The van der Waals surface area contributed by atoms with Gasteiger partial charge in [0.15, 0.2) is 0 Å². The van der Waals surface area contributed by atoms with Crippen LogP contribution in [0.25, 0.3) is 0 Å². The molecule has 0 aromatic heterocycles. The fourth-order valence-corrected chi connectivity index (χ4v) is 2.48. The lowest BCUT2D eigenvalue weighted by Gasteiger charge is -2.38. The molecule has 0 spiro atoms. The Kier molecular flexibility index (Phi) is 4.39. The van der Waals surface area contributed by atoms with E-state index in [-0.39, 0.29) is 18.0 Å². The Morgan fingerprint density at radius 3 is 2.50 bits per heavy atom. The molecule has 0 aromatic rings. The van der Waals surface area contributed by atoms with Crippen molar-refractivity contribution in [2.45, 2.75) is 57.4 Å². The average Bonchev–Trinajstić information content (AvgIpc) is 2.19. The van der Waals surface area contributed by atoms with Crippen molar-refractivity contribution in [1.29, 1.82) is 0 Å². The molecule has 1 aliphatic rings. The van der Waals surface area contributed by atoms with Crippen LogP contribution in [0.1, 0.15) is 51.9 Å². The first kappa shape index (κ1) is 11.5. The summed E-state index contributed by atoms with van der Waals surface area (Å²) in [6.07, 6.45) is 8.12. The van der Waals surface area contributed by atoms with Crippen molar-refractivity contribution in [3.63, 3.8) is 0 Å². The molecule has 14 heavy (non-hydrogen) atoms. The first-order chi connectivity index (χ1) is 6.72. The van der Waals surface area contributed by atoms with Gasteiger partial charge in [-0.1, -0.05) is 32.6 Å². The Morgan fingerprint density at radius 2 is 2.00 bits per heavy atom. The molecule has 0 heterocycles. The molecule has 1 rings (SSSR count). The zero-order valence-corrected chi connectivity index (χ0v) is 9.07. The van der Waals surface area contributed by atoms with Gasteiger partial charge in [-0.25, -0.2) is 5.73 Å². The Hall–Kier alpha value is -0.570. The largest absolute Gasteiger partial charge is 0.350 e. The molecule has 0 unspecified atom stereocenters. The van der Waals surface area contributed by atoms with E-state index in [9.17, 15) is 4.79 Å². The smallest absolute Gasteiger partial charge is 0.235 e. The van der Waals surface area contributed by atoms with E-state index in [4.69, 9.17) is 5.73 Å². The van der Waals surface area contributed by atoms with Crippen LogP contribution < -0.4 is 11.1 Å². The topological polar surface area (TPSA) is 52.9 Å². The number of amides is 1. The van der Waals surface area contributed by atoms with Crippen molar-refractivity contribution in [2.24, 2.45) is 0 Å². The summed E-state index contributed by atoms with van der Waals surface area (Å²) in [7, 11) is 0. The van der Waals surface area contributed by atoms with Crippen molar-refractivity contribution in [1.82, 2.24) is 11.1 Å². The van der Waals surface area contributed by atoms with E-state index in [0.717, 1.165) is 25.7 Å². The zero-order valence-electron chi connectivity index (χ0n) is 9.07. The lowest BCUT2D eigenvalue weighted by atomic mass is 9.78. The second-order valence-corrected chi connectivity index (χ2v) is 4.32. The fraction of sp³-hybridized carbons (Fsp3) is 0.909. The molecule has 1 aliphatic carbocycles. The first-order valence-corrected chi connectivity index (χ1v) is 5.68. The standard InChI is InChI=1S/C11H21N2O/c1-2-6-11(13-10(14)9-12)7-4-3-5-8-11/h12H,2-9H2,1H3,(H,13,14). The number of rotatable bonds is 4. The highest BCUT2D eigenvalue weighted by atomic mass is 16.2. The van der Waals surface area contributed by atoms with E-state index in [1.807, 2.05) is 0 Å². The SMILES string of the molecule is CCCC1(NC(=O)C[NH])CCCCC1. The molecule has 0 aliphatic heterocycles. The second kappa shape index (κ2) is 5.35. The summed E-state index contributed by atoms with van der Waals surface area (Å²) in [5.74, 6) is -0.111. The summed E-state index contributed by atoms with van der Waals surface area (Å²) in [6.45, 7) is 2.02. The minimum absolute atomic E-state index is 0.0329. The molecule has 0 saturated heterocycles. The highest BCUT2D eigenvalue weighted by Gasteiger charge is 2.31. The van der Waals surface area contributed by atoms with Crippen LogP contribution in [0.4, 0.5) is 0 Å². The average molecular weight is 197 g/mol. The summed E-state index contributed by atoms with van der Waals surface area (Å²) in [6, 6.07) is 0. The molecule has 0 aromatic carbocycles. The molecule has 3 nitrogen and oxygen atoms in total. The van der Waals surface area contributed by atoms with Crippen LogP contribution >= 0.6 is 0 Å². The van der Waals surface area contributed by atoms with Gasteiger partial charge in [0.05, 0.1) is 6.54 Å². The van der Waals surface area contributed by atoms with Crippen molar-refractivity contribution >= 4 is 5.91 Å². The third kappa shape index (κ3) is 2.98. The maximum Gasteiger partial charge on any atom is 0.235 e. The molecular formula is C11H21N2O. The van der Waals surface area contributed by atoms with Gasteiger partial charge in [-0.2, -0.15) is 0 Å². The van der Waals surface area contributed by atoms with E-state index >= 15 is 0 Å². The van der Waals surface area contributed by atoms with Crippen molar-refractivity contribution < 1.29 is 4.79 Å². The van der Waals surface area contributed by atoms with Crippen molar-refractivity contribution in [3.05, 3.63) is 0 Å². The highest BCUT2D eigenvalue weighted by molar-refractivity contribution is 5.78. The van der Waals surface area contributed by atoms with Gasteiger partial charge in [0, 0.05) is 5.54 Å². The number of hydrogen-bond acceptors (Lipinski definition) is 1. The van der Waals surface area contributed by atoms with Crippen molar-refractivity contribution in [3.8, 4) is 0 Å². The quantitative estimate of drug-likeness (QED) is 0.735. The van der Waals surface area contributed by atoms with Crippen LogP contribution in [-0.4, -0.2) is 18.0 Å². The molecule has 2 N–H and O–H groups in total. The van der Waals surface area contributed by atoms with Gasteiger partial charge in [-0.05, 0) is 19.3 Å². The van der Waals surface area contributed by atoms with Crippen LogP contribution in [0.5, 0.6) is 0 Å². The van der Waals surface area contributed by atoms with E-state index in [2.05, 4.69) is 12.2 Å². The predicted molar refractivity (Wildman–Crippen MR) is 56.8 cm³/mol. The Balaban J connectivity index is 2.55. The fourth-order valence-electron chi connectivity index (χ4n) is 2.48. The van der Waals surface area contributed by atoms with Crippen LogP contribution in [-0.2, 0) is 4.79 Å². The van der Waals surface area contributed by atoms with Gasteiger partial charge in [0.2, 0.25) is 5.91 Å². The Morgan fingerprint density at radius 1 is 1.36 bits per heavy atom. The summed E-state index contributed by atoms with van der Waals surface area (Å²) < 4.78 is 0. The first-order valence-electron chi connectivity index (χ1n) is 5.68. The van der Waals surface area contributed by atoms with Crippen LogP contribution in [0.15, 0.2) is 0 Å². The van der Waals surface area contributed by atoms with Crippen LogP contribution in [0.3, 0.4) is 0 Å². The third-order valence-electron chi connectivity index (χ3n) is 3.10. The minimum atomic E-state index is -0.133. The maximum atomic E-state index is 11.3. The van der Waals surface area contributed by atoms with Crippen LogP contribution in [0, 0.1) is 0 Å². The lowest BCUT2D eigenvalue weighted by Crippen LogP contribution is -2.50. The maximum absolute atomic E-state index is 11.3. The van der Waals surface area contributed by atoms with E-state index in [0.29, 0.717) is 0 Å². The van der Waals surface area contributed by atoms with Gasteiger partial charge in [-0.15, -0.1) is 0 Å². The van der Waals surface area contributed by atoms with Crippen molar-refractivity contribution in [2.75, 3.05) is 6.54 Å². The van der Waals surface area contributed by atoms with E-state index < -0.39 is 0 Å². The number of carbonyl (C=O) groups is 1. The summed E-state index contributed by atoms with van der Waals surface area (Å²) >= 11 is 0. The molecule has 0 atom stereocenters. The van der Waals surface area contributed by atoms with Gasteiger partial charge in [-0.3, -0.25) is 4.79 Å². The predicted octanol–water partition coefficient (Wildman–Crippen LogP) is 1.89. The van der Waals surface area contributed by atoms with Gasteiger partial charge >= 0.3 is 0 Å². The summed E-state index contributed by atoms with van der Waals surface area (Å²) in [4.78, 5) is 11.3. The van der Waals surface area contributed by atoms with E-state index in [1.54, 1.807) is 0 Å². The lowest BCUT2D eigenvalue weighted by molar-refractivity contribution is -0.122. The summed E-state index contributed by atoms with van der Waals surface area (Å²) in [5.41, 5.74) is 7.07. The number of nitrogens with one attached hydrogen (secondary N) is 2. The molecule has 1 saturated carbocycles. The minimum Gasteiger partial charge on any atom is -0.350 e. The second-order valence-electron chi connectivity index (χ2n) is 4.32. The number of hydrogen-bond donors (Lipinski definition) is 1. The van der Waals surface area contributed by atoms with Gasteiger partial charge in [0.25, 0.3) is 0 Å². The molecular weight excluding hydrogens is 176 g/mol. The third-order valence-corrected chi connectivity index (χ3v) is 3.10. The number of carbonyl (C=O) groups excluding carboxylic acids is 1.